The highest BCUT2D eigenvalue weighted by atomic mass is 19.2. The maximum Gasteiger partial charge on any atom is 0.313 e. The summed E-state index contributed by atoms with van der Waals surface area (Å²) in [6.45, 7) is 2.55. The van der Waals surface area contributed by atoms with Crippen LogP contribution in [0.1, 0.15) is 88.7 Å². The Bertz CT molecular complexity index is 1000. The minimum Gasteiger partial charge on any atom is -0.461 e. The molecule has 0 spiro atoms. The van der Waals surface area contributed by atoms with E-state index in [4.69, 9.17) is 9.47 Å². The fourth-order valence-electron chi connectivity index (χ4n) is 4.87. The molecule has 0 radical (unpaired) electrons. The van der Waals surface area contributed by atoms with Gasteiger partial charge in [-0.2, -0.15) is 0 Å². The third-order valence-electron chi connectivity index (χ3n) is 7.20. The highest BCUT2D eigenvalue weighted by molar-refractivity contribution is 5.79. The van der Waals surface area contributed by atoms with Crippen molar-refractivity contribution in [3.05, 3.63) is 70.5 Å². The Morgan fingerprint density at radius 2 is 1.34 bits per heavy atom. The first-order valence-electron chi connectivity index (χ1n) is 13.7. The summed E-state index contributed by atoms with van der Waals surface area (Å²) in [5.74, 6) is -11.8. The number of carbonyl (C=O) groups excluding carboxylic acids is 1. The van der Waals surface area contributed by atoms with E-state index < -0.39 is 59.1 Å². The molecule has 8 heteroatoms. The number of unbranched alkanes of at least 4 members (excludes halogenated alkanes) is 8. The molecule has 2 aromatic rings. The summed E-state index contributed by atoms with van der Waals surface area (Å²) >= 11 is 0. The van der Waals surface area contributed by atoms with Crippen LogP contribution in [0.3, 0.4) is 0 Å². The van der Waals surface area contributed by atoms with Crippen LogP contribution < -0.4 is 0 Å². The Balaban J connectivity index is 1.57. The van der Waals surface area contributed by atoms with Crippen molar-refractivity contribution in [2.45, 2.75) is 103 Å². The van der Waals surface area contributed by atoms with Gasteiger partial charge in [-0.05, 0) is 18.4 Å². The summed E-state index contributed by atoms with van der Waals surface area (Å²) in [6, 6.07) is 9.58. The van der Waals surface area contributed by atoms with E-state index in [-0.39, 0.29) is 12.5 Å². The van der Waals surface area contributed by atoms with E-state index >= 15 is 0 Å². The van der Waals surface area contributed by atoms with Crippen LogP contribution in [0.25, 0.3) is 0 Å². The third-order valence-corrected chi connectivity index (χ3v) is 7.20. The van der Waals surface area contributed by atoms with Crippen molar-refractivity contribution in [2.75, 3.05) is 0 Å². The van der Waals surface area contributed by atoms with Gasteiger partial charge in [-0.3, -0.25) is 4.79 Å². The first kappa shape index (κ1) is 30.1. The van der Waals surface area contributed by atoms with Crippen LogP contribution in [0.2, 0.25) is 0 Å². The van der Waals surface area contributed by atoms with Crippen molar-refractivity contribution in [3.8, 4) is 0 Å². The third kappa shape index (κ3) is 8.26. The molecule has 1 fully saturated rings. The van der Waals surface area contributed by atoms with Gasteiger partial charge in [-0.15, -0.1) is 0 Å². The van der Waals surface area contributed by atoms with Crippen LogP contribution in [0.5, 0.6) is 0 Å². The maximum atomic E-state index is 14.2. The minimum atomic E-state index is -2.22. The second kappa shape index (κ2) is 15.2. The number of esters is 1. The van der Waals surface area contributed by atoms with Crippen LogP contribution in [-0.4, -0.2) is 18.2 Å². The maximum absolute atomic E-state index is 14.2. The summed E-state index contributed by atoms with van der Waals surface area (Å²) in [4.78, 5) is 12.1. The number of cyclic esters (lactones) is 1. The summed E-state index contributed by atoms with van der Waals surface area (Å²) in [5.41, 5.74) is -0.0121. The zero-order chi connectivity index (χ0) is 27.5. The normalized spacial score (nSPS) is 17.8. The molecule has 0 saturated carbocycles. The van der Waals surface area contributed by atoms with Crippen molar-refractivity contribution in [2.24, 2.45) is 5.92 Å². The van der Waals surface area contributed by atoms with Crippen LogP contribution in [0.15, 0.2) is 30.3 Å². The van der Waals surface area contributed by atoms with Gasteiger partial charge in [0.05, 0.1) is 18.6 Å². The highest BCUT2D eigenvalue weighted by Gasteiger charge is 2.45. The summed E-state index contributed by atoms with van der Waals surface area (Å²) in [5, 5.41) is 0. The average molecular weight is 541 g/mol. The minimum absolute atomic E-state index is 0.281. The number of benzene rings is 2. The fraction of sp³-hybridized carbons (Fsp3) is 0.567. The zero-order valence-corrected chi connectivity index (χ0v) is 21.9. The molecule has 1 aliphatic heterocycles. The lowest BCUT2D eigenvalue weighted by atomic mass is 9.85. The smallest absolute Gasteiger partial charge is 0.313 e. The molecule has 3 nitrogen and oxygen atoms in total. The van der Waals surface area contributed by atoms with E-state index in [0.717, 1.165) is 24.8 Å². The van der Waals surface area contributed by atoms with Gasteiger partial charge in [0.2, 0.25) is 5.82 Å². The number of hydrogen-bond donors (Lipinski definition) is 0. The fourth-order valence-corrected chi connectivity index (χ4v) is 4.87. The van der Waals surface area contributed by atoms with E-state index in [9.17, 15) is 26.7 Å². The second-order valence-corrected chi connectivity index (χ2v) is 10.1. The number of rotatable bonds is 17. The number of ether oxygens (including phenoxy) is 2. The van der Waals surface area contributed by atoms with Crippen LogP contribution in [-0.2, 0) is 27.3 Å². The average Bonchev–Trinajstić information content (AvgIpc) is 2.92. The SMILES string of the molecule is CCCCCCCCCCCC(C[C@@H]1OC(=O)[C@H]1Cc1c(F)c(F)c(F)c(F)c1F)OCc1ccccc1. The van der Waals surface area contributed by atoms with E-state index in [1.54, 1.807) is 0 Å². The molecule has 0 N–H and O–H groups in total. The highest BCUT2D eigenvalue weighted by Crippen LogP contribution is 2.34. The molecule has 1 aliphatic rings. The number of halogens is 5. The molecule has 1 heterocycles. The molecule has 3 atom stereocenters. The topological polar surface area (TPSA) is 35.5 Å². The first-order valence-corrected chi connectivity index (χ1v) is 13.7. The standard InChI is InChI=1S/C30H37F5O3/c1-2-3-4-5-6-7-8-9-13-16-21(37-19-20-14-11-10-12-15-20)17-24-22(30(36)38-24)18-23-25(31)27(33)29(35)28(34)26(23)32/h10-12,14-15,21-22,24H,2-9,13,16-19H2,1H3/t21?,22-,24-/m0/s1. The Hall–Kier alpha value is -2.48. The largest absolute Gasteiger partial charge is 0.461 e. The van der Waals surface area contributed by atoms with Crippen molar-refractivity contribution in [1.82, 2.24) is 0 Å². The number of hydrogen-bond acceptors (Lipinski definition) is 3. The molecule has 0 aromatic heterocycles. The molecule has 0 aliphatic carbocycles. The molecule has 2 aromatic carbocycles. The van der Waals surface area contributed by atoms with E-state index in [2.05, 4.69) is 6.92 Å². The van der Waals surface area contributed by atoms with Gasteiger partial charge in [0.1, 0.15) is 6.10 Å². The van der Waals surface area contributed by atoms with Gasteiger partial charge in [0.25, 0.3) is 0 Å². The van der Waals surface area contributed by atoms with E-state index in [1.165, 1.54) is 38.5 Å². The van der Waals surface area contributed by atoms with Crippen LogP contribution in [0.4, 0.5) is 22.0 Å². The molecule has 0 amide bonds. The molecule has 38 heavy (non-hydrogen) atoms. The Morgan fingerprint density at radius 3 is 1.92 bits per heavy atom. The molecular formula is C30H37F5O3. The van der Waals surface area contributed by atoms with E-state index in [1.807, 2.05) is 30.3 Å². The van der Waals surface area contributed by atoms with Gasteiger partial charge < -0.3 is 9.47 Å². The number of carbonyl (C=O) groups is 1. The lowest BCUT2D eigenvalue weighted by Crippen LogP contribution is -2.48. The van der Waals surface area contributed by atoms with Crippen LogP contribution >= 0.6 is 0 Å². The molecule has 210 valence electrons. The van der Waals surface area contributed by atoms with Gasteiger partial charge in [-0.25, -0.2) is 22.0 Å². The van der Waals surface area contributed by atoms with E-state index in [0.29, 0.717) is 13.0 Å². The summed E-state index contributed by atoms with van der Waals surface area (Å²) in [7, 11) is 0. The predicted octanol–water partition coefficient (Wildman–Crippen LogP) is 8.36. The molecule has 3 rings (SSSR count). The summed E-state index contributed by atoms with van der Waals surface area (Å²) < 4.78 is 80.5. The van der Waals surface area contributed by atoms with Crippen molar-refractivity contribution in [3.63, 3.8) is 0 Å². The second-order valence-electron chi connectivity index (χ2n) is 10.1. The van der Waals surface area contributed by atoms with Crippen molar-refractivity contribution < 1.29 is 36.2 Å². The van der Waals surface area contributed by atoms with Gasteiger partial charge >= 0.3 is 5.97 Å². The Labute approximate surface area is 221 Å². The van der Waals surface area contributed by atoms with Crippen molar-refractivity contribution in [1.29, 1.82) is 0 Å². The predicted molar refractivity (Wildman–Crippen MR) is 135 cm³/mol. The van der Waals surface area contributed by atoms with Crippen LogP contribution in [0, 0.1) is 35.0 Å². The van der Waals surface area contributed by atoms with Gasteiger partial charge in [-0.1, -0.05) is 95.0 Å². The lowest BCUT2D eigenvalue weighted by Gasteiger charge is -2.37. The monoisotopic (exact) mass is 540 g/mol. The quantitative estimate of drug-likeness (QED) is 0.0665. The molecular weight excluding hydrogens is 503 g/mol. The molecule has 1 unspecified atom stereocenters. The lowest BCUT2D eigenvalue weighted by molar-refractivity contribution is -0.189. The van der Waals surface area contributed by atoms with Crippen molar-refractivity contribution >= 4 is 5.97 Å². The Kier molecular flexibility index (Phi) is 12.0. The summed E-state index contributed by atoms with van der Waals surface area (Å²) in [6.07, 6.45) is 9.89. The Morgan fingerprint density at radius 1 is 0.789 bits per heavy atom. The molecule has 1 saturated heterocycles. The van der Waals surface area contributed by atoms with Gasteiger partial charge in [0, 0.05) is 12.0 Å². The molecule has 0 bridgehead atoms. The van der Waals surface area contributed by atoms with Gasteiger partial charge in [0.15, 0.2) is 23.3 Å². The first-order chi connectivity index (χ1) is 18.3. The zero-order valence-electron chi connectivity index (χ0n) is 21.9.